The maximum atomic E-state index is 12.3. The van der Waals surface area contributed by atoms with Gasteiger partial charge < -0.3 is 14.8 Å². The number of carbonyl (C=O) groups is 2. The van der Waals surface area contributed by atoms with Crippen LogP contribution in [-0.4, -0.2) is 31.7 Å². The van der Waals surface area contributed by atoms with Gasteiger partial charge in [0.2, 0.25) is 0 Å². The number of esters is 2. The van der Waals surface area contributed by atoms with Crippen LogP contribution in [0.5, 0.6) is 0 Å². The monoisotopic (exact) mass is 475 g/mol. The smallest absolute Gasteiger partial charge is 0.339 e. The molecule has 0 aliphatic heterocycles. The maximum absolute atomic E-state index is 12.3. The Balaban J connectivity index is 2.16. The highest BCUT2D eigenvalue weighted by molar-refractivity contribution is 6.03. The quantitative estimate of drug-likeness (QED) is 0.143. The van der Waals surface area contributed by atoms with Crippen molar-refractivity contribution in [3.63, 3.8) is 0 Å². The van der Waals surface area contributed by atoms with Crippen molar-refractivity contribution in [1.82, 2.24) is 0 Å². The van der Waals surface area contributed by atoms with Gasteiger partial charge in [-0.15, -0.1) is 0 Å². The molecule has 0 fully saturated rings. The third-order valence-corrected chi connectivity index (χ3v) is 6.12. The van der Waals surface area contributed by atoms with Gasteiger partial charge in [-0.3, -0.25) is 0 Å². The van der Waals surface area contributed by atoms with E-state index in [0.717, 1.165) is 18.7 Å². The van der Waals surface area contributed by atoms with Crippen LogP contribution >= 0.6 is 0 Å². The molecule has 34 heavy (non-hydrogen) atoms. The standard InChI is InChI=1S/C29H49NO4/c1-4-7-8-9-10-11-12-13-14-15-16-17-18-19-20-23-30-25-21-22-26(28(31)33-5-2)27(24-25)29(32)34-6-3/h21-22,24,30H,4-20,23H2,1-3H3. The molecule has 0 unspecified atom stereocenters. The number of unbranched alkanes of at least 4 members (excludes halogenated alkanes) is 14. The van der Waals surface area contributed by atoms with E-state index >= 15 is 0 Å². The Morgan fingerprint density at radius 3 is 1.53 bits per heavy atom. The average Bonchev–Trinajstić information content (AvgIpc) is 2.84. The molecule has 1 aromatic carbocycles. The zero-order chi connectivity index (χ0) is 24.9. The maximum Gasteiger partial charge on any atom is 0.339 e. The van der Waals surface area contributed by atoms with E-state index in [0.29, 0.717) is 0 Å². The van der Waals surface area contributed by atoms with Gasteiger partial charge >= 0.3 is 11.9 Å². The Bertz CT molecular complexity index is 674. The number of hydrogen-bond donors (Lipinski definition) is 1. The topological polar surface area (TPSA) is 64.6 Å². The van der Waals surface area contributed by atoms with E-state index in [4.69, 9.17) is 9.47 Å². The molecular formula is C29H49NO4. The van der Waals surface area contributed by atoms with Gasteiger partial charge in [0.1, 0.15) is 0 Å². The first kappa shape index (κ1) is 30.0. The molecule has 0 atom stereocenters. The first-order chi connectivity index (χ1) is 16.6. The molecule has 0 radical (unpaired) electrons. The summed E-state index contributed by atoms with van der Waals surface area (Å²) < 4.78 is 10.2. The van der Waals surface area contributed by atoms with Crippen LogP contribution < -0.4 is 5.32 Å². The number of anilines is 1. The highest BCUT2D eigenvalue weighted by Crippen LogP contribution is 2.19. The van der Waals surface area contributed by atoms with Gasteiger partial charge in [-0.2, -0.15) is 0 Å². The molecule has 1 rings (SSSR count). The van der Waals surface area contributed by atoms with Crippen molar-refractivity contribution in [2.24, 2.45) is 0 Å². The van der Waals surface area contributed by atoms with E-state index in [-0.39, 0.29) is 24.3 Å². The first-order valence-electron chi connectivity index (χ1n) is 13.9. The summed E-state index contributed by atoms with van der Waals surface area (Å²) in [6.07, 6.45) is 20.2. The second-order valence-corrected chi connectivity index (χ2v) is 9.08. The minimum absolute atomic E-state index is 0.248. The molecule has 0 bridgehead atoms. The Kier molecular flexibility index (Phi) is 17.9. The van der Waals surface area contributed by atoms with Crippen LogP contribution in [0.3, 0.4) is 0 Å². The summed E-state index contributed by atoms with van der Waals surface area (Å²) in [7, 11) is 0. The molecule has 194 valence electrons. The third-order valence-electron chi connectivity index (χ3n) is 6.12. The fraction of sp³-hybridized carbons (Fsp3) is 0.724. The lowest BCUT2D eigenvalue weighted by Gasteiger charge is -2.12. The van der Waals surface area contributed by atoms with Crippen molar-refractivity contribution in [2.75, 3.05) is 25.1 Å². The van der Waals surface area contributed by atoms with Gasteiger partial charge in [0, 0.05) is 12.2 Å². The molecule has 0 aromatic heterocycles. The van der Waals surface area contributed by atoms with Crippen LogP contribution in [0.1, 0.15) is 138 Å². The molecule has 0 amide bonds. The first-order valence-corrected chi connectivity index (χ1v) is 13.9. The molecule has 1 aromatic rings. The summed E-state index contributed by atoms with van der Waals surface area (Å²) in [6, 6.07) is 5.15. The molecule has 0 aliphatic rings. The van der Waals surface area contributed by atoms with Crippen molar-refractivity contribution >= 4 is 17.6 Å². The lowest BCUT2D eigenvalue weighted by atomic mass is 10.0. The summed E-state index contributed by atoms with van der Waals surface area (Å²) in [6.45, 7) is 7.14. The van der Waals surface area contributed by atoms with Crippen molar-refractivity contribution in [1.29, 1.82) is 0 Å². The SMILES string of the molecule is CCCCCCCCCCCCCCCCCNc1ccc(C(=O)OCC)c(C(=O)OCC)c1. The number of benzene rings is 1. The lowest BCUT2D eigenvalue weighted by Crippen LogP contribution is -2.15. The van der Waals surface area contributed by atoms with E-state index in [1.54, 1.807) is 26.0 Å². The number of nitrogens with one attached hydrogen (secondary N) is 1. The van der Waals surface area contributed by atoms with Crippen LogP contribution in [0.25, 0.3) is 0 Å². The molecule has 0 saturated heterocycles. The summed E-state index contributed by atoms with van der Waals surface area (Å²) in [5.41, 5.74) is 1.32. The zero-order valence-corrected chi connectivity index (χ0v) is 22.1. The van der Waals surface area contributed by atoms with Gasteiger partial charge in [-0.05, 0) is 38.5 Å². The van der Waals surface area contributed by atoms with Crippen LogP contribution in [0.15, 0.2) is 18.2 Å². The van der Waals surface area contributed by atoms with Crippen LogP contribution in [0.4, 0.5) is 5.69 Å². The van der Waals surface area contributed by atoms with Crippen LogP contribution in [0, 0.1) is 0 Å². The van der Waals surface area contributed by atoms with Crippen LogP contribution in [0.2, 0.25) is 0 Å². The normalized spacial score (nSPS) is 10.8. The lowest BCUT2D eigenvalue weighted by molar-refractivity contribution is 0.0479. The zero-order valence-electron chi connectivity index (χ0n) is 22.1. The molecule has 0 aliphatic carbocycles. The van der Waals surface area contributed by atoms with E-state index in [1.165, 1.54) is 89.9 Å². The summed E-state index contributed by atoms with van der Waals surface area (Å²) in [4.78, 5) is 24.4. The molecule has 1 N–H and O–H groups in total. The minimum Gasteiger partial charge on any atom is -0.462 e. The largest absolute Gasteiger partial charge is 0.462 e. The Hall–Kier alpha value is -2.04. The number of hydrogen-bond acceptors (Lipinski definition) is 5. The number of ether oxygens (including phenoxy) is 2. The van der Waals surface area contributed by atoms with Gasteiger partial charge in [-0.25, -0.2) is 9.59 Å². The molecule has 0 spiro atoms. The van der Waals surface area contributed by atoms with Crippen LogP contribution in [-0.2, 0) is 9.47 Å². The van der Waals surface area contributed by atoms with Gasteiger partial charge in [0.25, 0.3) is 0 Å². The number of carbonyl (C=O) groups excluding carboxylic acids is 2. The van der Waals surface area contributed by atoms with Gasteiger partial charge in [-0.1, -0.05) is 96.8 Å². The molecular weight excluding hydrogens is 426 g/mol. The average molecular weight is 476 g/mol. The fourth-order valence-electron chi connectivity index (χ4n) is 4.15. The molecule has 5 heteroatoms. The van der Waals surface area contributed by atoms with Crippen molar-refractivity contribution < 1.29 is 19.1 Å². The fourth-order valence-corrected chi connectivity index (χ4v) is 4.15. The Morgan fingerprint density at radius 2 is 1.06 bits per heavy atom. The summed E-state index contributed by atoms with van der Waals surface area (Å²) >= 11 is 0. The number of rotatable bonds is 21. The molecule has 0 heterocycles. The molecule has 5 nitrogen and oxygen atoms in total. The second-order valence-electron chi connectivity index (χ2n) is 9.08. The van der Waals surface area contributed by atoms with Gasteiger partial charge in [0.15, 0.2) is 0 Å². The third kappa shape index (κ3) is 13.6. The highest BCUT2D eigenvalue weighted by atomic mass is 16.5. The predicted octanol–water partition coefficient (Wildman–Crippen LogP) is 8.32. The van der Waals surface area contributed by atoms with E-state index in [2.05, 4.69) is 12.2 Å². The minimum atomic E-state index is -0.500. The van der Waals surface area contributed by atoms with E-state index in [1.807, 2.05) is 6.07 Å². The highest BCUT2D eigenvalue weighted by Gasteiger charge is 2.19. The summed E-state index contributed by atoms with van der Waals surface area (Å²) in [5, 5.41) is 3.37. The van der Waals surface area contributed by atoms with E-state index < -0.39 is 11.9 Å². The second kappa shape index (κ2) is 20.3. The van der Waals surface area contributed by atoms with Gasteiger partial charge in [0.05, 0.1) is 24.3 Å². The Labute approximate surface area is 208 Å². The van der Waals surface area contributed by atoms with E-state index in [9.17, 15) is 9.59 Å². The Morgan fingerprint density at radius 1 is 0.618 bits per heavy atom. The molecule has 0 saturated carbocycles. The van der Waals surface area contributed by atoms with Crippen molar-refractivity contribution in [2.45, 2.75) is 117 Å². The van der Waals surface area contributed by atoms with Crippen molar-refractivity contribution in [3.8, 4) is 0 Å². The predicted molar refractivity (Wildman–Crippen MR) is 142 cm³/mol. The summed E-state index contributed by atoms with van der Waals surface area (Å²) in [5.74, 6) is -0.999. The van der Waals surface area contributed by atoms with Crippen molar-refractivity contribution in [3.05, 3.63) is 29.3 Å².